The summed E-state index contributed by atoms with van der Waals surface area (Å²) in [6.07, 6.45) is 18.3. The molecule has 5 nitrogen and oxygen atoms in total. The second-order valence-corrected chi connectivity index (χ2v) is 7.30. The predicted molar refractivity (Wildman–Crippen MR) is 120 cm³/mol. The summed E-state index contributed by atoms with van der Waals surface area (Å²) < 4.78 is 5.09. The van der Waals surface area contributed by atoms with E-state index in [1.165, 1.54) is 77.0 Å². The normalized spacial score (nSPS) is 11.2. The van der Waals surface area contributed by atoms with E-state index in [2.05, 4.69) is 6.92 Å². The Morgan fingerprint density at radius 2 is 1.18 bits per heavy atom. The third-order valence-corrected chi connectivity index (χ3v) is 4.74. The van der Waals surface area contributed by atoms with E-state index in [4.69, 9.17) is 15.6 Å². The number of hydrogen-bond acceptors (Lipinski definition) is 4. The monoisotopic (exact) mass is 419 g/mol. The third-order valence-electron chi connectivity index (χ3n) is 4.74. The molecule has 0 amide bonds. The zero-order valence-corrected chi connectivity index (χ0v) is 16.8. The first-order valence-corrected chi connectivity index (χ1v) is 10.7. The van der Waals surface area contributed by atoms with Crippen molar-refractivity contribution in [1.82, 2.24) is 0 Å². The van der Waals surface area contributed by atoms with Gasteiger partial charge in [0, 0.05) is 6.42 Å². The van der Waals surface area contributed by atoms with Crippen LogP contribution in [0.25, 0.3) is 0 Å². The van der Waals surface area contributed by atoms with E-state index in [0.717, 1.165) is 12.8 Å². The van der Waals surface area contributed by atoms with Crippen LogP contribution in [0.5, 0.6) is 0 Å². The number of rotatable bonds is 19. The van der Waals surface area contributed by atoms with Gasteiger partial charge in [0.25, 0.3) is 0 Å². The van der Waals surface area contributed by atoms with Gasteiger partial charge in [-0.25, -0.2) is 0 Å². The molecule has 7 heteroatoms. The SMILES string of the molecule is CCCCCCCCCCCCCCCCOC(=O)CC[C@H](N)C(=O)O.[NaH].[NaH]. The first-order valence-electron chi connectivity index (χ1n) is 10.7. The Morgan fingerprint density at radius 1 is 0.786 bits per heavy atom. The van der Waals surface area contributed by atoms with Gasteiger partial charge in [0.2, 0.25) is 0 Å². The number of carboxylic acids is 1. The minimum atomic E-state index is -1.08. The summed E-state index contributed by atoms with van der Waals surface area (Å²) in [6.45, 7) is 2.69. The fraction of sp³-hybridized carbons (Fsp3) is 0.905. The summed E-state index contributed by atoms with van der Waals surface area (Å²) in [5.41, 5.74) is 5.34. The fourth-order valence-corrected chi connectivity index (χ4v) is 2.95. The van der Waals surface area contributed by atoms with Gasteiger partial charge in [0.15, 0.2) is 0 Å². The maximum absolute atomic E-state index is 11.4. The molecule has 0 saturated carbocycles. The topological polar surface area (TPSA) is 89.6 Å². The van der Waals surface area contributed by atoms with Crippen molar-refractivity contribution in [3.63, 3.8) is 0 Å². The molecule has 0 saturated heterocycles. The van der Waals surface area contributed by atoms with Crippen molar-refractivity contribution >= 4 is 71.1 Å². The minimum absolute atomic E-state index is 0. The molecular weight excluding hydrogens is 376 g/mol. The molecule has 28 heavy (non-hydrogen) atoms. The Labute approximate surface area is 216 Å². The van der Waals surface area contributed by atoms with Crippen molar-refractivity contribution in [2.24, 2.45) is 5.73 Å². The summed E-state index contributed by atoms with van der Waals surface area (Å²) >= 11 is 0. The first-order chi connectivity index (χ1) is 12.6. The van der Waals surface area contributed by atoms with E-state index in [9.17, 15) is 9.59 Å². The number of carbonyl (C=O) groups excluding carboxylic acids is 1. The molecule has 0 aliphatic rings. The van der Waals surface area contributed by atoms with E-state index in [0.29, 0.717) is 6.61 Å². The molecule has 3 N–H and O–H groups in total. The number of carbonyl (C=O) groups is 2. The molecule has 0 radical (unpaired) electrons. The average molecular weight is 420 g/mol. The summed E-state index contributed by atoms with van der Waals surface area (Å²) in [7, 11) is 0. The van der Waals surface area contributed by atoms with Crippen LogP contribution in [0.2, 0.25) is 0 Å². The van der Waals surface area contributed by atoms with Crippen LogP contribution in [-0.4, -0.2) is 88.8 Å². The number of hydrogen-bond donors (Lipinski definition) is 2. The molecule has 0 aliphatic heterocycles. The summed E-state index contributed by atoms with van der Waals surface area (Å²) in [6, 6.07) is -0.983. The molecule has 0 aromatic heterocycles. The summed E-state index contributed by atoms with van der Waals surface area (Å²) in [5, 5.41) is 8.63. The van der Waals surface area contributed by atoms with Gasteiger partial charge < -0.3 is 15.6 Å². The molecule has 0 unspecified atom stereocenters. The van der Waals surface area contributed by atoms with Gasteiger partial charge in [-0.15, -0.1) is 0 Å². The number of aliphatic carboxylic acids is 1. The van der Waals surface area contributed by atoms with Crippen molar-refractivity contribution in [2.75, 3.05) is 6.61 Å². The van der Waals surface area contributed by atoms with Crippen molar-refractivity contribution in [3.05, 3.63) is 0 Å². The van der Waals surface area contributed by atoms with Crippen LogP contribution >= 0.6 is 0 Å². The number of ether oxygens (including phenoxy) is 1. The van der Waals surface area contributed by atoms with Crippen LogP contribution in [0.3, 0.4) is 0 Å². The molecule has 0 aromatic carbocycles. The third kappa shape index (κ3) is 24.9. The Morgan fingerprint density at radius 3 is 1.57 bits per heavy atom. The number of nitrogens with two attached hydrogens (primary N) is 1. The van der Waals surface area contributed by atoms with Crippen molar-refractivity contribution in [1.29, 1.82) is 0 Å². The van der Waals surface area contributed by atoms with Gasteiger partial charge in [-0.1, -0.05) is 90.4 Å². The molecular formula is C21H43NNa2O4. The average Bonchev–Trinajstić information content (AvgIpc) is 2.62. The Hall–Kier alpha value is 0.900. The first kappa shape index (κ1) is 33.5. The van der Waals surface area contributed by atoms with Crippen LogP contribution in [0.15, 0.2) is 0 Å². The molecule has 0 aromatic rings. The van der Waals surface area contributed by atoms with Crippen molar-refractivity contribution in [3.8, 4) is 0 Å². The standard InChI is InChI=1S/C21H41NO4.2Na.2H/c1-2-3-4-5-6-7-8-9-10-11-12-13-14-15-18-26-20(23)17-16-19(22)21(24)25;;;;/h19H,2-18,22H2,1H3,(H,24,25);;;;/t19-;;;;/m0..../s1. The van der Waals surface area contributed by atoms with Gasteiger partial charge >= 0.3 is 71.1 Å². The van der Waals surface area contributed by atoms with E-state index in [1.807, 2.05) is 0 Å². The second-order valence-electron chi connectivity index (χ2n) is 7.30. The molecule has 1 atom stereocenters. The number of esters is 1. The van der Waals surface area contributed by atoms with Gasteiger partial charge in [0.1, 0.15) is 6.04 Å². The Kier molecular flexibility index (Phi) is 31.1. The number of carboxylic acid groups (broad SMARTS) is 1. The zero-order valence-electron chi connectivity index (χ0n) is 16.8. The molecule has 0 rings (SSSR count). The van der Waals surface area contributed by atoms with Crippen molar-refractivity contribution < 1.29 is 19.4 Å². The van der Waals surface area contributed by atoms with E-state index < -0.39 is 12.0 Å². The molecule has 0 bridgehead atoms. The predicted octanol–water partition coefficient (Wildman–Crippen LogP) is 3.91. The summed E-state index contributed by atoms with van der Waals surface area (Å²) in [5.74, 6) is -1.43. The molecule has 0 spiro atoms. The van der Waals surface area contributed by atoms with Gasteiger partial charge in [-0.3, -0.25) is 9.59 Å². The van der Waals surface area contributed by atoms with Crippen LogP contribution in [0.4, 0.5) is 0 Å². The molecule has 158 valence electrons. The van der Waals surface area contributed by atoms with Gasteiger partial charge in [-0.05, 0) is 12.8 Å². The van der Waals surface area contributed by atoms with Crippen LogP contribution in [0, 0.1) is 0 Å². The zero-order chi connectivity index (χ0) is 19.5. The van der Waals surface area contributed by atoms with E-state index in [1.54, 1.807) is 0 Å². The fourth-order valence-electron chi connectivity index (χ4n) is 2.95. The van der Waals surface area contributed by atoms with Crippen LogP contribution in [-0.2, 0) is 14.3 Å². The summed E-state index contributed by atoms with van der Waals surface area (Å²) in [4.78, 5) is 22.0. The van der Waals surface area contributed by atoms with E-state index >= 15 is 0 Å². The number of unbranched alkanes of at least 4 members (excludes halogenated alkanes) is 13. The maximum atomic E-state index is 11.4. The van der Waals surface area contributed by atoms with Crippen molar-refractivity contribution in [2.45, 2.75) is 116 Å². The van der Waals surface area contributed by atoms with Crippen LogP contribution in [0.1, 0.15) is 110 Å². The Balaban J connectivity index is -0.00000312. The quantitative estimate of drug-likeness (QED) is 0.188. The second kappa shape index (κ2) is 25.9. The van der Waals surface area contributed by atoms with E-state index in [-0.39, 0.29) is 77.9 Å². The molecule has 0 heterocycles. The van der Waals surface area contributed by atoms with Crippen LogP contribution < -0.4 is 5.73 Å². The van der Waals surface area contributed by atoms with Gasteiger partial charge in [-0.2, -0.15) is 0 Å². The van der Waals surface area contributed by atoms with Gasteiger partial charge in [0.05, 0.1) is 6.61 Å². The Bertz CT molecular complexity index is 357. The molecule has 0 aliphatic carbocycles. The molecule has 0 fully saturated rings.